The van der Waals surface area contributed by atoms with E-state index >= 15 is 0 Å². The third kappa shape index (κ3) is 2.30. The van der Waals surface area contributed by atoms with Crippen molar-refractivity contribution in [1.82, 2.24) is 0 Å². The molecular formula is C16H18O2. The van der Waals surface area contributed by atoms with Gasteiger partial charge in [0.2, 0.25) is 0 Å². The molecule has 0 amide bonds. The lowest BCUT2D eigenvalue weighted by molar-refractivity contribution is 0.00156. The molecule has 0 saturated heterocycles. The predicted molar refractivity (Wildman–Crippen MR) is 72.4 cm³/mol. The normalized spacial score (nSPS) is 11.4. The average Bonchev–Trinajstić information content (AvgIpc) is 2.47. The van der Waals surface area contributed by atoms with Crippen LogP contribution in [-0.2, 0) is 10.3 Å². The molecule has 0 heterocycles. The highest BCUT2D eigenvalue weighted by atomic mass is 16.5. The molecule has 0 saturated carbocycles. The Balaban J connectivity index is 2.53. The maximum Gasteiger partial charge on any atom is 0.120 e. The number of benzene rings is 2. The van der Waals surface area contributed by atoms with Gasteiger partial charge in [0.05, 0.1) is 0 Å². The molecule has 0 aliphatic carbocycles. The molecule has 0 unspecified atom stereocenters. The van der Waals surface area contributed by atoms with Crippen LogP contribution >= 0.6 is 0 Å². The highest BCUT2D eigenvalue weighted by Gasteiger charge is 2.33. The minimum absolute atomic E-state index is 0.0810. The molecule has 2 rings (SSSR count). The van der Waals surface area contributed by atoms with Crippen molar-refractivity contribution in [3.63, 3.8) is 0 Å². The summed E-state index contributed by atoms with van der Waals surface area (Å²) in [4.78, 5) is 0. The molecule has 0 aromatic heterocycles. The van der Waals surface area contributed by atoms with E-state index in [-0.39, 0.29) is 6.61 Å². The minimum Gasteiger partial charge on any atom is -0.396 e. The second-order valence-corrected chi connectivity index (χ2v) is 4.24. The Morgan fingerprint density at radius 1 is 0.889 bits per heavy atom. The first-order valence-corrected chi connectivity index (χ1v) is 6.10. The fourth-order valence-electron chi connectivity index (χ4n) is 2.37. The Kier molecular flexibility index (Phi) is 4.13. The summed E-state index contributed by atoms with van der Waals surface area (Å²) in [7, 11) is 1.69. The van der Waals surface area contributed by atoms with Gasteiger partial charge in [0, 0.05) is 20.1 Å². The van der Waals surface area contributed by atoms with Crippen LogP contribution in [0.2, 0.25) is 0 Å². The molecule has 0 aliphatic rings. The Labute approximate surface area is 108 Å². The van der Waals surface area contributed by atoms with E-state index in [1.54, 1.807) is 7.11 Å². The van der Waals surface area contributed by atoms with Crippen LogP contribution in [0, 0.1) is 0 Å². The molecule has 0 atom stereocenters. The Morgan fingerprint density at radius 3 is 1.67 bits per heavy atom. The van der Waals surface area contributed by atoms with Gasteiger partial charge >= 0.3 is 0 Å². The monoisotopic (exact) mass is 242 g/mol. The Morgan fingerprint density at radius 2 is 1.33 bits per heavy atom. The summed E-state index contributed by atoms with van der Waals surface area (Å²) >= 11 is 0. The zero-order valence-electron chi connectivity index (χ0n) is 10.5. The van der Waals surface area contributed by atoms with Crippen molar-refractivity contribution in [3.05, 3.63) is 71.8 Å². The lowest BCUT2D eigenvalue weighted by Gasteiger charge is -2.33. The predicted octanol–water partition coefficient (Wildman–Crippen LogP) is 2.96. The summed E-state index contributed by atoms with van der Waals surface area (Å²) in [6, 6.07) is 20.1. The number of rotatable bonds is 5. The fraction of sp³-hybridized carbons (Fsp3) is 0.250. The molecule has 94 valence electrons. The molecule has 1 N–H and O–H groups in total. The number of aliphatic hydroxyl groups excluding tert-OH is 1. The van der Waals surface area contributed by atoms with Crippen molar-refractivity contribution >= 4 is 0 Å². The van der Waals surface area contributed by atoms with E-state index in [1.165, 1.54) is 0 Å². The maximum atomic E-state index is 9.38. The van der Waals surface area contributed by atoms with Crippen LogP contribution in [0.3, 0.4) is 0 Å². The van der Waals surface area contributed by atoms with Gasteiger partial charge in [-0.2, -0.15) is 0 Å². The van der Waals surface area contributed by atoms with Gasteiger partial charge in [0.1, 0.15) is 5.60 Å². The Hall–Kier alpha value is -1.64. The first-order valence-electron chi connectivity index (χ1n) is 6.10. The molecule has 18 heavy (non-hydrogen) atoms. The van der Waals surface area contributed by atoms with Crippen LogP contribution in [0.4, 0.5) is 0 Å². The van der Waals surface area contributed by atoms with Crippen molar-refractivity contribution < 1.29 is 9.84 Å². The zero-order valence-corrected chi connectivity index (χ0v) is 10.5. The Bertz CT molecular complexity index is 425. The topological polar surface area (TPSA) is 29.5 Å². The van der Waals surface area contributed by atoms with Gasteiger partial charge in [0.15, 0.2) is 0 Å². The van der Waals surface area contributed by atoms with Gasteiger partial charge < -0.3 is 9.84 Å². The van der Waals surface area contributed by atoms with Crippen molar-refractivity contribution in [1.29, 1.82) is 0 Å². The molecule has 2 aromatic rings. The number of methoxy groups -OCH3 is 1. The van der Waals surface area contributed by atoms with E-state index in [2.05, 4.69) is 0 Å². The number of ether oxygens (including phenoxy) is 1. The SMILES string of the molecule is COC(CCO)(c1ccccc1)c1ccccc1. The second-order valence-electron chi connectivity index (χ2n) is 4.24. The minimum atomic E-state index is -0.572. The molecule has 0 spiro atoms. The van der Waals surface area contributed by atoms with Crippen LogP contribution in [0.1, 0.15) is 17.5 Å². The van der Waals surface area contributed by atoms with Crippen molar-refractivity contribution in [2.45, 2.75) is 12.0 Å². The summed E-state index contributed by atoms with van der Waals surface area (Å²) in [5, 5.41) is 9.38. The number of hydrogen-bond donors (Lipinski definition) is 1. The van der Waals surface area contributed by atoms with Crippen molar-refractivity contribution in [3.8, 4) is 0 Å². The van der Waals surface area contributed by atoms with E-state index in [0.29, 0.717) is 6.42 Å². The smallest absolute Gasteiger partial charge is 0.120 e. The molecule has 2 heteroatoms. The molecular weight excluding hydrogens is 224 g/mol. The van der Waals surface area contributed by atoms with E-state index in [0.717, 1.165) is 11.1 Å². The van der Waals surface area contributed by atoms with Gasteiger partial charge in [-0.25, -0.2) is 0 Å². The molecule has 2 nitrogen and oxygen atoms in total. The first-order chi connectivity index (χ1) is 8.83. The second kappa shape index (κ2) is 5.80. The third-order valence-corrected chi connectivity index (χ3v) is 3.29. The van der Waals surface area contributed by atoms with Crippen LogP contribution in [0.5, 0.6) is 0 Å². The molecule has 0 radical (unpaired) electrons. The quantitative estimate of drug-likeness (QED) is 0.873. The lowest BCUT2D eigenvalue weighted by atomic mass is 9.83. The van der Waals surface area contributed by atoms with Gasteiger partial charge in [-0.1, -0.05) is 60.7 Å². The summed E-state index contributed by atoms with van der Waals surface area (Å²) in [6.07, 6.45) is 0.539. The first kappa shape index (κ1) is 12.8. The molecule has 0 bridgehead atoms. The van der Waals surface area contributed by atoms with Gasteiger partial charge in [0.25, 0.3) is 0 Å². The van der Waals surface area contributed by atoms with E-state index < -0.39 is 5.60 Å². The number of hydrogen-bond acceptors (Lipinski definition) is 2. The highest BCUT2D eigenvalue weighted by Crippen LogP contribution is 2.35. The maximum absolute atomic E-state index is 9.38. The zero-order chi connectivity index (χ0) is 12.8. The summed E-state index contributed by atoms with van der Waals surface area (Å²) in [6.45, 7) is 0.0810. The number of aliphatic hydroxyl groups is 1. The van der Waals surface area contributed by atoms with Gasteiger partial charge in [-0.15, -0.1) is 0 Å². The highest BCUT2D eigenvalue weighted by molar-refractivity contribution is 5.36. The van der Waals surface area contributed by atoms with E-state index in [4.69, 9.17) is 4.74 Å². The van der Waals surface area contributed by atoms with Crippen molar-refractivity contribution in [2.24, 2.45) is 0 Å². The van der Waals surface area contributed by atoms with Crippen LogP contribution in [0.25, 0.3) is 0 Å². The molecule has 0 aliphatic heterocycles. The lowest BCUT2D eigenvalue weighted by Crippen LogP contribution is -2.31. The summed E-state index contributed by atoms with van der Waals surface area (Å²) in [5.41, 5.74) is 1.55. The fourth-order valence-corrected chi connectivity index (χ4v) is 2.37. The molecule has 0 fully saturated rings. The van der Waals surface area contributed by atoms with Crippen LogP contribution in [0.15, 0.2) is 60.7 Å². The standard InChI is InChI=1S/C16H18O2/c1-18-16(12-13-17,14-8-4-2-5-9-14)15-10-6-3-7-11-15/h2-11,17H,12-13H2,1H3. The van der Waals surface area contributed by atoms with Gasteiger partial charge in [-0.05, 0) is 11.1 Å². The largest absolute Gasteiger partial charge is 0.396 e. The van der Waals surface area contributed by atoms with Gasteiger partial charge in [-0.3, -0.25) is 0 Å². The van der Waals surface area contributed by atoms with E-state index in [1.807, 2.05) is 60.7 Å². The molecule has 2 aromatic carbocycles. The van der Waals surface area contributed by atoms with Crippen LogP contribution in [-0.4, -0.2) is 18.8 Å². The van der Waals surface area contributed by atoms with Crippen molar-refractivity contribution in [2.75, 3.05) is 13.7 Å². The summed E-state index contributed by atoms with van der Waals surface area (Å²) in [5.74, 6) is 0. The van der Waals surface area contributed by atoms with E-state index in [9.17, 15) is 5.11 Å². The average molecular weight is 242 g/mol. The summed E-state index contributed by atoms with van der Waals surface area (Å²) < 4.78 is 5.79. The van der Waals surface area contributed by atoms with Crippen LogP contribution < -0.4 is 0 Å². The third-order valence-electron chi connectivity index (χ3n) is 3.29.